The number of rotatable bonds is 4. The molecule has 0 unspecified atom stereocenters. The van der Waals surface area contributed by atoms with E-state index >= 15 is 0 Å². The third-order valence-electron chi connectivity index (χ3n) is 7.83. The highest BCUT2D eigenvalue weighted by Crippen LogP contribution is 2.47. The first-order valence-electron chi connectivity index (χ1n) is 15.4. The first-order chi connectivity index (χ1) is 19.7. The van der Waals surface area contributed by atoms with Crippen LogP contribution in [0.1, 0.15) is 108 Å². The van der Waals surface area contributed by atoms with E-state index in [1.165, 1.54) is 68.0 Å². The smallest absolute Gasteiger partial charge is 0.414 e. The van der Waals surface area contributed by atoms with Gasteiger partial charge >= 0.3 is 6.09 Å². The van der Waals surface area contributed by atoms with E-state index in [0.29, 0.717) is 29.8 Å². The lowest BCUT2D eigenvalue weighted by atomic mass is 9.81. The maximum Gasteiger partial charge on any atom is 0.414 e. The predicted molar refractivity (Wildman–Crippen MR) is 171 cm³/mol. The molecule has 3 aromatic rings. The van der Waals surface area contributed by atoms with Crippen molar-refractivity contribution in [3.8, 4) is 11.3 Å². The second kappa shape index (κ2) is 12.5. The molecular formula is C34H45N3O3S. The van der Waals surface area contributed by atoms with Gasteiger partial charge in [-0.25, -0.2) is 4.79 Å². The predicted octanol–water partition coefficient (Wildman–Crippen LogP) is 9.07. The van der Waals surface area contributed by atoms with Crippen LogP contribution in [0.2, 0.25) is 0 Å². The molecule has 3 aliphatic rings. The molecule has 2 amide bonds. The highest BCUT2D eigenvalue weighted by Gasteiger charge is 2.33. The molecule has 6 rings (SSSR count). The summed E-state index contributed by atoms with van der Waals surface area (Å²) in [4.78, 5) is 28.2. The highest BCUT2D eigenvalue weighted by atomic mass is 32.2. The SMILES string of the molecule is CC(C)(C)OC(=O)N1CCn2c(c(C3CCCCC3)c3ccc(C(=O)NSC4CC4)cc32)-c2ccccc21.CCC. The van der Waals surface area contributed by atoms with Crippen molar-refractivity contribution in [2.45, 2.75) is 109 Å². The fourth-order valence-corrected chi connectivity index (χ4v) is 6.73. The van der Waals surface area contributed by atoms with Gasteiger partial charge in [-0.2, -0.15) is 0 Å². The molecule has 1 aromatic heterocycles. The molecular weight excluding hydrogens is 530 g/mol. The quantitative estimate of drug-likeness (QED) is 0.315. The second-order valence-corrected chi connectivity index (χ2v) is 13.7. The molecule has 0 spiro atoms. The van der Waals surface area contributed by atoms with Gasteiger partial charge in [-0.05, 0) is 88.1 Å². The summed E-state index contributed by atoms with van der Waals surface area (Å²) in [6.45, 7) is 11.1. The number of fused-ring (bicyclic) bond motifs is 5. The van der Waals surface area contributed by atoms with Crippen LogP contribution in [-0.2, 0) is 11.3 Å². The Hall–Kier alpha value is -2.93. The molecule has 0 saturated heterocycles. The normalized spacial score (nSPS) is 17.1. The van der Waals surface area contributed by atoms with E-state index in [-0.39, 0.29) is 12.0 Å². The zero-order valence-corrected chi connectivity index (χ0v) is 26.1. The third-order valence-corrected chi connectivity index (χ3v) is 8.94. The number of ether oxygens (including phenoxy) is 1. The van der Waals surface area contributed by atoms with Gasteiger partial charge in [0.05, 0.1) is 11.4 Å². The summed E-state index contributed by atoms with van der Waals surface area (Å²) >= 11 is 1.54. The van der Waals surface area contributed by atoms with Crippen molar-refractivity contribution >= 4 is 40.5 Å². The summed E-state index contributed by atoms with van der Waals surface area (Å²) < 4.78 is 11.2. The van der Waals surface area contributed by atoms with Crippen LogP contribution in [0.3, 0.4) is 0 Å². The lowest BCUT2D eigenvalue weighted by Gasteiger charge is -2.28. The van der Waals surface area contributed by atoms with E-state index in [0.717, 1.165) is 16.8 Å². The van der Waals surface area contributed by atoms with Gasteiger partial charge in [0.2, 0.25) is 0 Å². The van der Waals surface area contributed by atoms with E-state index in [1.54, 1.807) is 16.8 Å². The highest BCUT2D eigenvalue weighted by molar-refractivity contribution is 7.98. The minimum atomic E-state index is -0.575. The number of para-hydroxylation sites is 1. The molecule has 41 heavy (non-hydrogen) atoms. The van der Waals surface area contributed by atoms with Gasteiger partial charge in [0, 0.05) is 40.4 Å². The van der Waals surface area contributed by atoms with Crippen LogP contribution in [0.25, 0.3) is 22.2 Å². The minimum absolute atomic E-state index is 0.0389. The molecule has 0 radical (unpaired) electrons. The van der Waals surface area contributed by atoms with Gasteiger partial charge in [-0.1, -0.05) is 63.8 Å². The summed E-state index contributed by atoms with van der Waals surface area (Å²) in [5, 5.41) is 1.79. The van der Waals surface area contributed by atoms with Crippen molar-refractivity contribution in [3.63, 3.8) is 0 Å². The number of hydrogen-bond donors (Lipinski definition) is 1. The largest absolute Gasteiger partial charge is 0.443 e. The zero-order valence-electron chi connectivity index (χ0n) is 25.3. The number of carbonyl (C=O) groups excluding carboxylic acids is 2. The number of aromatic nitrogens is 1. The lowest BCUT2D eigenvalue weighted by molar-refractivity contribution is 0.0579. The number of nitrogens with one attached hydrogen (secondary N) is 1. The monoisotopic (exact) mass is 575 g/mol. The minimum Gasteiger partial charge on any atom is -0.443 e. The van der Waals surface area contributed by atoms with Gasteiger partial charge in [-0.3, -0.25) is 14.4 Å². The maximum absolute atomic E-state index is 13.4. The number of nitrogens with zero attached hydrogens (tertiary/aromatic N) is 2. The Labute approximate surface area is 249 Å². The average Bonchev–Trinajstić information content (AvgIpc) is 3.75. The molecule has 2 aliphatic carbocycles. The molecule has 2 aromatic carbocycles. The number of hydrogen-bond acceptors (Lipinski definition) is 4. The Morgan fingerprint density at radius 2 is 1.68 bits per heavy atom. The zero-order chi connectivity index (χ0) is 29.1. The van der Waals surface area contributed by atoms with Crippen LogP contribution in [0.15, 0.2) is 42.5 Å². The fraction of sp³-hybridized carbons (Fsp3) is 0.529. The van der Waals surface area contributed by atoms with Crippen LogP contribution in [0.4, 0.5) is 10.5 Å². The Balaban J connectivity index is 0.00000108. The van der Waals surface area contributed by atoms with Gasteiger partial charge < -0.3 is 9.30 Å². The molecule has 6 nitrogen and oxygen atoms in total. The van der Waals surface area contributed by atoms with Crippen molar-refractivity contribution in [1.82, 2.24) is 9.29 Å². The van der Waals surface area contributed by atoms with Gasteiger partial charge in [0.25, 0.3) is 5.91 Å². The second-order valence-electron chi connectivity index (χ2n) is 12.6. The number of amides is 2. The van der Waals surface area contributed by atoms with E-state index in [2.05, 4.69) is 47.4 Å². The van der Waals surface area contributed by atoms with E-state index in [4.69, 9.17) is 4.74 Å². The van der Waals surface area contributed by atoms with Crippen molar-refractivity contribution in [3.05, 3.63) is 53.6 Å². The van der Waals surface area contributed by atoms with E-state index < -0.39 is 5.60 Å². The molecule has 2 fully saturated rings. The third kappa shape index (κ3) is 6.61. The van der Waals surface area contributed by atoms with Crippen LogP contribution >= 0.6 is 11.9 Å². The first kappa shape index (κ1) is 29.6. The topological polar surface area (TPSA) is 63.6 Å². The van der Waals surface area contributed by atoms with Crippen LogP contribution in [0.5, 0.6) is 0 Å². The summed E-state index contributed by atoms with van der Waals surface area (Å²) in [7, 11) is 0. The molecule has 2 saturated carbocycles. The molecule has 0 bridgehead atoms. The Bertz CT molecular complexity index is 1400. The van der Waals surface area contributed by atoms with Crippen LogP contribution < -0.4 is 9.62 Å². The summed E-state index contributed by atoms with van der Waals surface area (Å²) in [6.07, 6.45) is 9.38. The van der Waals surface area contributed by atoms with E-state index in [9.17, 15) is 9.59 Å². The van der Waals surface area contributed by atoms with E-state index in [1.807, 2.05) is 39.0 Å². The molecule has 7 heteroatoms. The molecule has 2 heterocycles. The van der Waals surface area contributed by atoms with Crippen LogP contribution in [0, 0.1) is 0 Å². The van der Waals surface area contributed by atoms with Crippen molar-refractivity contribution < 1.29 is 14.3 Å². The summed E-state index contributed by atoms with van der Waals surface area (Å²) in [5.41, 5.74) is 5.69. The summed E-state index contributed by atoms with van der Waals surface area (Å²) in [5.74, 6) is 0.428. The Kier molecular flexibility index (Phi) is 9.03. The average molecular weight is 576 g/mol. The summed E-state index contributed by atoms with van der Waals surface area (Å²) in [6, 6.07) is 14.4. The maximum atomic E-state index is 13.4. The number of benzene rings is 2. The Morgan fingerprint density at radius 1 is 0.976 bits per heavy atom. The van der Waals surface area contributed by atoms with Crippen LogP contribution in [-0.4, -0.2) is 34.0 Å². The molecule has 0 atom stereocenters. The Morgan fingerprint density at radius 3 is 2.37 bits per heavy atom. The first-order valence-corrected chi connectivity index (χ1v) is 16.3. The fourth-order valence-electron chi connectivity index (χ4n) is 5.96. The van der Waals surface area contributed by atoms with Crippen molar-refractivity contribution in [2.24, 2.45) is 0 Å². The van der Waals surface area contributed by atoms with Crippen molar-refractivity contribution in [1.29, 1.82) is 0 Å². The van der Waals surface area contributed by atoms with Gasteiger partial charge in [-0.15, -0.1) is 0 Å². The van der Waals surface area contributed by atoms with Crippen molar-refractivity contribution in [2.75, 3.05) is 11.4 Å². The lowest BCUT2D eigenvalue weighted by Crippen LogP contribution is -2.38. The molecule has 220 valence electrons. The standard InChI is InChI=1S/C31H37N3O3S.C3H8/c1-31(2,3)37-30(36)34-18-17-33-26-19-21(29(35)32-38-22-14-15-22)13-16-23(26)27(20-9-5-4-6-10-20)28(33)24-11-7-8-12-25(24)34;1-3-2/h7-8,11-13,16,19-20,22H,4-6,9-10,14-15,17-18H2,1-3H3,(H,32,35);3H2,1-2H3. The number of anilines is 1. The van der Waals surface area contributed by atoms with Gasteiger partial charge in [0.15, 0.2) is 0 Å². The number of carbonyl (C=O) groups is 2. The molecule has 1 N–H and O–H groups in total. The molecule has 1 aliphatic heterocycles. The van der Waals surface area contributed by atoms with Gasteiger partial charge in [0.1, 0.15) is 5.60 Å².